The minimum atomic E-state index is -0.687. The van der Waals surface area contributed by atoms with Gasteiger partial charge in [-0.05, 0) is 12.8 Å². The number of carbonyl (C=O) groups is 1. The molecule has 1 fully saturated rings. The number of rotatable bonds is 7. The van der Waals surface area contributed by atoms with Crippen LogP contribution in [-0.4, -0.2) is 41.3 Å². The molecule has 0 atom stereocenters. The summed E-state index contributed by atoms with van der Waals surface area (Å²) in [6, 6.07) is -0.187. The first-order valence-electron chi connectivity index (χ1n) is 6.59. The monoisotopic (exact) mass is 272 g/mol. The maximum absolute atomic E-state index is 11.5. The highest BCUT2D eigenvalue weighted by molar-refractivity contribution is 7.99. The fourth-order valence-electron chi connectivity index (χ4n) is 2.10. The summed E-state index contributed by atoms with van der Waals surface area (Å²) >= 11 is 1.73. The number of hydrogen-bond donors (Lipinski definition) is 3. The fraction of sp³-hybridized carbons (Fsp3) is 0.769. The van der Waals surface area contributed by atoms with Crippen LogP contribution < -0.4 is 10.6 Å². The average Bonchev–Trinajstić information content (AvgIpc) is 2.37. The molecule has 1 aliphatic rings. The lowest BCUT2D eigenvalue weighted by Gasteiger charge is -2.32. The summed E-state index contributed by atoms with van der Waals surface area (Å²) < 4.78 is 0. The molecular formula is C13H24N2O2S. The second-order valence-corrected chi connectivity index (χ2v) is 5.91. The van der Waals surface area contributed by atoms with Crippen LogP contribution in [0.3, 0.4) is 0 Å². The SMILES string of the molecule is C=CCSCCNC(=O)NCC1(O)CCCCC1. The topological polar surface area (TPSA) is 61.4 Å². The average molecular weight is 272 g/mol. The van der Waals surface area contributed by atoms with Crippen molar-refractivity contribution in [1.29, 1.82) is 0 Å². The lowest BCUT2D eigenvalue weighted by Crippen LogP contribution is -2.47. The van der Waals surface area contributed by atoms with Gasteiger partial charge < -0.3 is 15.7 Å². The van der Waals surface area contributed by atoms with E-state index in [9.17, 15) is 9.90 Å². The zero-order valence-electron chi connectivity index (χ0n) is 10.9. The molecule has 0 aliphatic heterocycles. The van der Waals surface area contributed by atoms with E-state index in [4.69, 9.17) is 0 Å². The molecule has 0 aromatic heterocycles. The Morgan fingerprint density at radius 3 is 2.72 bits per heavy atom. The van der Waals surface area contributed by atoms with Gasteiger partial charge in [0.25, 0.3) is 0 Å². The molecule has 0 radical (unpaired) electrons. The molecule has 0 heterocycles. The van der Waals surface area contributed by atoms with Crippen molar-refractivity contribution >= 4 is 17.8 Å². The minimum absolute atomic E-state index is 0.187. The molecule has 4 nitrogen and oxygen atoms in total. The molecule has 0 bridgehead atoms. The second kappa shape index (κ2) is 8.43. The van der Waals surface area contributed by atoms with E-state index in [0.29, 0.717) is 13.1 Å². The molecule has 0 saturated heterocycles. The van der Waals surface area contributed by atoms with E-state index >= 15 is 0 Å². The molecule has 3 N–H and O–H groups in total. The van der Waals surface area contributed by atoms with Gasteiger partial charge in [0.15, 0.2) is 0 Å². The van der Waals surface area contributed by atoms with Gasteiger partial charge in [-0.1, -0.05) is 25.3 Å². The summed E-state index contributed by atoms with van der Waals surface area (Å²) in [5, 5.41) is 15.7. The number of amides is 2. The van der Waals surface area contributed by atoms with Gasteiger partial charge in [0.1, 0.15) is 0 Å². The number of hydrogen-bond acceptors (Lipinski definition) is 3. The first kappa shape index (κ1) is 15.4. The number of urea groups is 1. The predicted octanol–water partition coefficient (Wildman–Crippen LogP) is 1.90. The summed E-state index contributed by atoms with van der Waals surface area (Å²) in [6.07, 6.45) is 6.74. The molecule has 1 saturated carbocycles. The maximum atomic E-state index is 11.5. The molecular weight excluding hydrogens is 248 g/mol. The molecule has 18 heavy (non-hydrogen) atoms. The van der Waals surface area contributed by atoms with E-state index in [-0.39, 0.29) is 6.03 Å². The summed E-state index contributed by atoms with van der Waals surface area (Å²) in [6.45, 7) is 4.64. The minimum Gasteiger partial charge on any atom is -0.388 e. The maximum Gasteiger partial charge on any atom is 0.314 e. The zero-order valence-corrected chi connectivity index (χ0v) is 11.7. The summed E-state index contributed by atoms with van der Waals surface area (Å²) in [5.74, 6) is 1.78. The standard InChI is InChI=1S/C13H24N2O2S/c1-2-9-18-10-8-14-12(16)15-11-13(17)6-4-3-5-7-13/h2,17H,1,3-11H2,(H2,14,15,16). The van der Waals surface area contributed by atoms with Gasteiger partial charge in [-0.3, -0.25) is 0 Å². The van der Waals surface area contributed by atoms with Crippen LogP contribution in [-0.2, 0) is 0 Å². The Morgan fingerprint density at radius 1 is 1.33 bits per heavy atom. The Labute approximate surface area is 114 Å². The van der Waals surface area contributed by atoms with Crippen molar-refractivity contribution in [3.63, 3.8) is 0 Å². The van der Waals surface area contributed by atoms with Gasteiger partial charge in [-0.15, -0.1) is 6.58 Å². The number of carbonyl (C=O) groups excluding carboxylic acids is 1. The Kier molecular flexibility index (Phi) is 7.20. The predicted molar refractivity (Wildman–Crippen MR) is 77.0 cm³/mol. The quantitative estimate of drug-likeness (QED) is 0.490. The lowest BCUT2D eigenvalue weighted by molar-refractivity contribution is 0.00721. The van der Waals surface area contributed by atoms with Crippen LogP contribution in [0.15, 0.2) is 12.7 Å². The van der Waals surface area contributed by atoms with E-state index in [1.165, 1.54) is 6.42 Å². The summed E-state index contributed by atoms with van der Waals surface area (Å²) in [4.78, 5) is 11.5. The largest absolute Gasteiger partial charge is 0.388 e. The second-order valence-electron chi connectivity index (χ2n) is 4.76. The van der Waals surface area contributed by atoms with Crippen molar-refractivity contribution in [2.75, 3.05) is 24.6 Å². The first-order valence-corrected chi connectivity index (χ1v) is 7.74. The lowest BCUT2D eigenvalue weighted by atomic mass is 9.85. The number of thioether (sulfide) groups is 1. The molecule has 0 aromatic carbocycles. The van der Waals surface area contributed by atoms with Crippen LogP contribution in [0.2, 0.25) is 0 Å². The molecule has 5 heteroatoms. The molecule has 1 rings (SSSR count). The summed E-state index contributed by atoms with van der Waals surface area (Å²) in [5.41, 5.74) is -0.687. The van der Waals surface area contributed by atoms with Crippen LogP contribution in [0.1, 0.15) is 32.1 Å². The van der Waals surface area contributed by atoms with Crippen LogP contribution >= 0.6 is 11.8 Å². The molecule has 0 unspecified atom stereocenters. The molecule has 1 aliphatic carbocycles. The van der Waals surface area contributed by atoms with Gasteiger partial charge >= 0.3 is 6.03 Å². The van der Waals surface area contributed by atoms with E-state index in [0.717, 1.165) is 37.2 Å². The third kappa shape index (κ3) is 6.31. The molecule has 0 spiro atoms. The highest BCUT2D eigenvalue weighted by Gasteiger charge is 2.29. The molecule has 104 valence electrons. The van der Waals surface area contributed by atoms with Crippen molar-refractivity contribution < 1.29 is 9.90 Å². The van der Waals surface area contributed by atoms with Crippen molar-refractivity contribution in [3.8, 4) is 0 Å². The van der Waals surface area contributed by atoms with Crippen molar-refractivity contribution in [3.05, 3.63) is 12.7 Å². The van der Waals surface area contributed by atoms with Crippen LogP contribution in [0.25, 0.3) is 0 Å². The van der Waals surface area contributed by atoms with Crippen molar-refractivity contribution in [1.82, 2.24) is 10.6 Å². The Bertz CT molecular complexity index is 266. The van der Waals surface area contributed by atoms with Gasteiger partial charge in [-0.25, -0.2) is 4.79 Å². The normalized spacial score (nSPS) is 18.1. The van der Waals surface area contributed by atoms with Crippen molar-refractivity contribution in [2.24, 2.45) is 0 Å². The number of nitrogens with one attached hydrogen (secondary N) is 2. The van der Waals surface area contributed by atoms with E-state index in [1.807, 2.05) is 6.08 Å². The molecule has 0 aromatic rings. The van der Waals surface area contributed by atoms with E-state index in [1.54, 1.807) is 11.8 Å². The Hall–Kier alpha value is -0.680. The highest BCUT2D eigenvalue weighted by atomic mass is 32.2. The number of aliphatic hydroxyl groups is 1. The van der Waals surface area contributed by atoms with Crippen LogP contribution in [0, 0.1) is 0 Å². The van der Waals surface area contributed by atoms with Crippen molar-refractivity contribution in [2.45, 2.75) is 37.7 Å². The van der Waals surface area contributed by atoms with Gasteiger partial charge in [0.05, 0.1) is 5.60 Å². The summed E-state index contributed by atoms with van der Waals surface area (Å²) in [7, 11) is 0. The van der Waals surface area contributed by atoms with Gasteiger partial charge in [0, 0.05) is 24.6 Å². The van der Waals surface area contributed by atoms with E-state index < -0.39 is 5.60 Å². The Balaban J connectivity index is 2.07. The smallest absolute Gasteiger partial charge is 0.314 e. The highest BCUT2D eigenvalue weighted by Crippen LogP contribution is 2.27. The Morgan fingerprint density at radius 2 is 2.06 bits per heavy atom. The zero-order chi connectivity index (χ0) is 13.3. The molecule has 2 amide bonds. The fourth-order valence-corrected chi connectivity index (χ4v) is 2.68. The third-order valence-corrected chi connectivity index (χ3v) is 4.09. The van der Waals surface area contributed by atoms with Gasteiger partial charge in [-0.2, -0.15) is 11.8 Å². The van der Waals surface area contributed by atoms with Gasteiger partial charge in [0.2, 0.25) is 0 Å². The van der Waals surface area contributed by atoms with Crippen LogP contribution in [0.5, 0.6) is 0 Å². The van der Waals surface area contributed by atoms with E-state index in [2.05, 4.69) is 17.2 Å². The first-order chi connectivity index (χ1) is 8.66. The van der Waals surface area contributed by atoms with Crippen LogP contribution in [0.4, 0.5) is 4.79 Å². The third-order valence-electron chi connectivity index (χ3n) is 3.13.